The first kappa shape index (κ1) is 17.2. The van der Waals surface area contributed by atoms with Crippen LogP contribution in [-0.4, -0.2) is 55.1 Å². The Kier molecular flexibility index (Phi) is 3.47. The summed E-state index contributed by atoms with van der Waals surface area (Å²) in [7, 11) is 2.15. The van der Waals surface area contributed by atoms with Crippen LogP contribution in [0.25, 0.3) is 38.6 Å². The normalized spacial score (nSPS) is 15.8. The third-order valence-corrected chi connectivity index (χ3v) is 6.98. The van der Waals surface area contributed by atoms with Gasteiger partial charge in [-0.25, -0.2) is 14.5 Å². The quantitative estimate of drug-likeness (QED) is 0.459. The number of aromatic amines is 1. The Morgan fingerprint density at radius 3 is 3.06 bits per heavy atom. The number of nitrogens with zero attached hydrogens (tertiary/aromatic N) is 6. The summed E-state index contributed by atoms with van der Waals surface area (Å²) < 4.78 is 12.6. The molecule has 7 rings (SSSR count). The number of hydrogen-bond donors (Lipinski definition) is 1. The Morgan fingerprint density at radius 2 is 2.10 bits per heavy atom. The number of nitrogens with one attached hydrogen (secondary N) is 1. The van der Waals surface area contributed by atoms with Gasteiger partial charge in [0.1, 0.15) is 16.9 Å². The smallest absolute Gasteiger partial charge is 0.231 e. The molecule has 0 bridgehead atoms. The van der Waals surface area contributed by atoms with Gasteiger partial charge in [-0.1, -0.05) is 0 Å². The number of fused-ring (bicyclic) bond motifs is 6. The number of aromatic nitrogens is 6. The average Bonchev–Trinajstić information content (AvgIpc) is 3.55. The lowest BCUT2D eigenvalue weighted by molar-refractivity contribution is 0.174. The van der Waals surface area contributed by atoms with Gasteiger partial charge < -0.3 is 14.4 Å². The Morgan fingerprint density at radius 1 is 1.16 bits per heavy atom. The summed E-state index contributed by atoms with van der Waals surface area (Å²) in [5, 5.41) is 13.3. The van der Waals surface area contributed by atoms with E-state index in [0.717, 1.165) is 63.8 Å². The van der Waals surface area contributed by atoms with Crippen molar-refractivity contribution in [3.63, 3.8) is 0 Å². The summed E-state index contributed by atoms with van der Waals surface area (Å²) in [6, 6.07) is 7.75. The van der Waals surface area contributed by atoms with E-state index in [9.17, 15) is 0 Å². The van der Waals surface area contributed by atoms with Gasteiger partial charge in [-0.3, -0.25) is 5.10 Å². The molecule has 9 nitrogen and oxygen atoms in total. The van der Waals surface area contributed by atoms with E-state index in [1.54, 1.807) is 22.2 Å². The second kappa shape index (κ2) is 6.25. The highest BCUT2D eigenvalue weighted by atomic mass is 32.1. The molecule has 0 spiro atoms. The van der Waals surface area contributed by atoms with Crippen LogP contribution in [0.4, 0.5) is 0 Å². The minimum atomic E-state index is 0.251. The lowest BCUT2D eigenvalue weighted by Crippen LogP contribution is -2.25. The van der Waals surface area contributed by atoms with E-state index in [0.29, 0.717) is 5.82 Å². The van der Waals surface area contributed by atoms with E-state index < -0.39 is 0 Å². The molecule has 154 valence electrons. The molecule has 10 heteroatoms. The van der Waals surface area contributed by atoms with E-state index in [1.807, 2.05) is 24.3 Å². The predicted octanol–water partition coefficient (Wildman–Crippen LogP) is 3.11. The molecule has 0 saturated heterocycles. The molecule has 0 unspecified atom stereocenters. The van der Waals surface area contributed by atoms with Crippen LogP contribution >= 0.6 is 11.3 Å². The number of thiophene rings is 1. The lowest BCUT2D eigenvalue weighted by Gasteiger charge is -2.21. The van der Waals surface area contributed by atoms with Crippen molar-refractivity contribution in [3.05, 3.63) is 41.0 Å². The van der Waals surface area contributed by atoms with Gasteiger partial charge in [-0.15, -0.1) is 16.4 Å². The highest BCUT2D eigenvalue weighted by Gasteiger charge is 2.23. The van der Waals surface area contributed by atoms with Crippen molar-refractivity contribution >= 4 is 27.2 Å². The Hall–Kier alpha value is -3.50. The van der Waals surface area contributed by atoms with Crippen molar-refractivity contribution in [1.82, 2.24) is 34.7 Å². The zero-order valence-corrected chi connectivity index (χ0v) is 17.4. The Bertz CT molecular complexity index is 1480. The standard InChI is InChI=1S/C21H17N7O2S/c1-27-5-4-12-17(8-27)31-21-18(12)20-23-19(26-28(20)9-22-21)14-7-13(24-25-14)11-2-3-15-16(6-11)30-10-29-15/h2-3,6-7,9H,4-5,8,10H2,1H3,(H,24,25). The fraction of sp³-hybridized carbons (Fsp3) is 0.238. The summed E-state index contributed by atoms with van der Waals surface area (Å²) in [6.07, 6.45) is 2.75. The van der Waals surface area contributed by atoms with Gasteiger partial charge in [-0.2, -0.15) is 5.10 Å². The molecule has 1 N–H and O–H groups in total. The van der Waals surface area contributed by atoms with Gasteiger partial charge in [-0.05, 0) is 43.3 Å². The maximum atomic E-state index is 5.48. The number of benzene rings is 1. The van der Waals surface area contributed by atoms with Crippen LogP contribution in [-0.2, 0) is 13.0 Å². The summed E-state index contributed by atoms with van der Waals surface area (Å²) in [6.45, 7) is 2.25. The molecule has 1 aromatic carbocycles. The van der Waals surface area contributed by atoms with E-state index in [4.69, 9.17) is 14.5 Å². The van der Waals surface area contributed by atoms with Crippen molar-refractivity contribution in [3.8, 4) is 34.3 Å². The molecule has 31 heavy (non-hydrogen) atoms. The maximum absolute atomic E-state index is 5.48. The van der Waals surface area contributed by atoms with E-state index in [2.05, 4.69) is 32.2 Å². The number of ether oxygens (including phenoxy) is 2. The zero-order chi connectivity index (χ0) is 20.5. The van der Waals surface area contributed by atoms with Gasteiger partial charge in [0, 0.05) is 23.5 Å². The van der Waals surface area contributed by atoms with Gasteiger partial charge in [0.15, 0.2) is 23.0 Å². The fourth-order valence-electron chi connectivity index (χ4n) is 4.27. The zero-order valence-electron chi connectivity index (χ0n) is 16.6. The molecule has 6 heterocycles. The Balaban J connectivity index is 1.32. The van der Waals surface area contributed by atoms with Crippen LogP contribution in [0.5, 0.6) is 11.5 Å². The second-order valence-electron chi connectivity index (χ2n) is 7.85. The molecule has 5 aromatic rings. The molecule has 0 atom stereocenters. The Labute approximate surface area is 180 Å². The van der Waals surface area contributed by atoms with E-state index in [-0.39, 0.29) is 6.79 Å². The van der Waals surface area contributed by atoms with Crippen molar-refractivity contribution in [2.24, 2.45) is 0 Å². The van der Waals surface area contributed by atoms with Gasteiger partial charge >= 0.3 is 0 Å². The number of H-pyrrole nitrogens is 1. The largest absolute Gasteiger partial charge is 0.454 e. The lowest BCUT2D eigenvalue weighted by atomic mass is 10.1. The third-order valence-electron chi connectivity index (χ3n) is 5.86. The molecule has 0 radical (unpaired) electrons. The minimum absolute atomic E-state index is 0.251. The first-order valence-corrected chi connectivity index (χ1v) is 10.8. The topological polar surface area (TPSA) is 93.5 Å². The van der Waals surface area contributed by atoms with Crippen molar-refractivity contribution < 1.29 is 9.47 Å². The van der Waals surface area contributed by atoms with Gasteiger partial charge in [0.2, 0.25) is 6.79 Å². The highest BCUT2D eigenvalue weighted by Crippen LogP contribution is 2.37. The predicted molar refractivity (Wildman–Crippen MR) is 115 cm³/mol. The molecular formula is C21H17N7O2S. The molecule has 4 aromatic heterocycles. The average molecular weight is 431 g/mol. The second-order valence-corrected chi connectivity index (χ2v) is 8.94. The monoisotopic (exact) mass is 431 g/mol. The van der Waals surface area contributed by atoms with Crippen LogP contribution in [0.2, 0.25) is 0 Å². The highest BCUT2D eigenvalue weighted by molar-refractivity contribution is 7.19. The van der Waals surface area contributed by atoms with Crippen LogP contribution in [0.3, 0.4) is 0 Å². The summed E-state index contributed by atoms with van der Waals surface area (Å²) >= 11 is 1.76. The van der Waals surface area contributed by atoms with E-state index in [1.165, 1.54) is 10.4 Å². The minimum Gasteiger partial charge on any atom is -0.454 e. The van der Waals surface area contributed by atoms with Gasteiger partial charge in [0.25, 0.3) is 0 Å². The van der Waals surface area contributed by atoms with E-state index >= 15 is 0 Å². The summed E-state index contributed by atoms with van der Waals surface area (Å²) in [5.41, 5.74) is 4.71. The first-order valence-electron chi connectivity index (χ1n) is 10.0. The molecule has 0 saturated carbocycles. The van der Waals surface area contributed by atoms with Crippen LogP contribution < -0.4 is 9.47 Å². The van der Waals surface area contributed by atoms with Crippen LogP contribution in [0.1, 0.15) is 10.4 Å². The maximum Gasteiger partial charge on any atom is 0.231 e. The molecule has 2 aliphatic heterocycles. The molecule has 0 aliphatic carbocycles. The molecule has 0 amide bonds. The number of likely N-dealkylation sites (N-methyl/N-ethyl adjacent to an activating group) is 1. The summed E-state index contributed by atoms with van der Waals surface area (Å²) in [4.78, 5) is 14.2. The SMILES string of the molecule is CN1CCc2c(sc3ncn4nc(-c5cc(-c6ccc7c(c6)OCO7)n[nH]5)nc4c23)C1. The van der Waals surface area contributed by atoms with Crippen molar-refractivity contribution in [1.29, 1.82) is 0 Å². The van der Waals surface area contributed by atoms with Crippen molar-refractivity contribution in [2.45, 2.75) is 13.0 Å². The number of hydrogen-bond acceptors (Lipinski definition) is 8. The fourth-order valence-corrected chi connectivity index (χ4v) is 5.54. The summed E-state index contributed by atoms with van der Waals surface area (Å²) in [5.74, 6) is 2.08. The number of rotatable bonds is 2. The molecule has 0 fully saturated rings. The van der Waals surface area contributed by atoms with Crippen LogP contribution in [0, 0.1) is 0 Å². The first-order chi connectivity index (χ1) is 15.2. The molecular weight excluding hydrogens is 414 g/mol. The third kappa shape index (κ3) is 2.58. The molecule has 2 aliphatic rings. The van der Waals surface area contributed by atoms with Crippen molar-refractivity contribution in [2.75, 3.05) is 20.4 Å². The van der Waals surface area contributed by atoms with Crippen LogP contribution in [0.15, 0.2) is 30.6 Å². The van der Waals surface area contributed by atoms with Gasteiger partial charge in [0.05, 0.1) is 11.1 Å².